The molecule has 23 heavy (non-hydrogen) atoms. The maximum absolute atomic E-state index is 11.5. The molecule has 0 unspecified atom stereocenters. The number of aromatic nitrogens is 2. The topological polar surface area (TPSA) is 80.9 Å². The third kappa shape index (κ3) is 4.60. The minimum Gasteiger partial charge on any atom is -0.277 e. The number of anilines is 1. The highest BCUT2D eigenvalue weighted by Gasteiger charge is 2.12. The van der Waals surface area contributed by atoms with Gasteiger partial charge in [-0.3, -0.25) is 10.1 Å². The van der Waals surface area contributed by atoms with Crippen LogP contribution in [0.1, 0.15) is 29.4 Å². The van der Waals surface area contributed by atoms with Crippen molar-refractivity contribution in [1.82, 2.24) is 15.3 Å². The van der Waals surface area contributed by atoms with Gasteiger partial charge >= 0.3 is 5.95 Å². The van der Waals surface area contributed by atoms with Gasteiger partial charge in [-0.2, -0.15) is 0 Å². The summed E-state index contributed by atoms with van der Waals surface area (Å²) in [5.41, 5.74) is 4.90. The molecule has 0 aliphatic carbocycles. The first-order valence-corrected chi connectivity index (χ1v) is 7.42. The smallest absolute Gasteiger partial charge is 0.277 e. The van der Waals surface area contributed by atoms with Crippen molar-refractivity contribution >= 4 is 23.5 Å². The Morgan fingerprint density at radius 2 is 1.74 bits per heavy atom. The molecule has 0 saturated heterocycles. The van der Waals surface area contributed by atoms with Gasteiger partial charge in [0.2, 0.25) is 0 Å². The number of hydrogen-bond acceptors (Lipinski definition) is 3. The maximum Gasteiger partial charge on any atom is 0.354 e. The minimum absolute atomic E-state index is 0.185. The molecule has 0 saturated carbocycles. The predicted octanol–water partition coefficient (Wildman–Crippen LogP) is 1.03. The van der Waals surface area contributed by atoms with Gasteiger partial charge in [0.15, 0.2) is 0 Å². The summed E-state index contributed by atoms with van der Waals surface area (Å²) in [6.45, 7) is 9.32. The number of rotatable bonds is 2. The van der Waals surface area contributed by atoms with Crippen LogP contribution in [0.3, 0.4) is 0 Å². The van der Waals surface area contributed by atoms with Crippen LogP contribution in [0.15, 0.2) is 24.3 Å². The van der Waals surface area contributed by atoms with E-state index in [-0.39, 0.29) is 5.91 Å². The lowest BCUT2D eigenvalue weighted by molar-refractivity contribution is -0.366. The molecule has 120 valence electrons. The molecular weight excluding hydrogens is 290 g/mol. The average Bonchev–Trinajstić information content (AvgIpc) is 2.42. The van der Waals surface area contributed by atoms with Gasteiger partial charge in [0.25, 0.3) is 11.9 Å². The van der Waals surface area contributed by atoms with Crippen molar-refractivity contribution in [2.24, 2.45) is 0 Å². The Bertz CT molecular complexity index is 747. The molecule has 0 bridgehead atoms. The molecule has 0 aliphatic rings. The van der Waals surface area contributed by atoms with Crippen LogP contribution in [0.5, 0.6) is 0 Å². The number of aryl methyl sites for hydroxylation is 3. The van der Waals surface area contributed by atoms with Crippen LogP contribution in [-0.2, 0) is 4.79 Å². The van der Waals surface area contributed by atoms with E-state index >= 15 is 0 Å². The quantitative estimate of drug-likeness (QED) is 0.571. The van der Waals surface area contributed by atoms with Crippen molar-refractivity contribution in [2.75, 3.05) is 5.32 Å². The van der Waals surface area contributed by atoms with E-state index in [9.17, 15) is 4.79 Å². The van der Waals surface area contributed by atoms with E-state index in [2.05, 4.69) is 25.6 Å². The summed E-state index contributed by atoms with van der Waals surface area (Å²) in [7, 11) is 0. The van der Waals surface area contributed by atoms with Gasteiger partial charge in [-0.1, -0.05) is 12.1 Å². The molecule has 0 atom stereocenters. The van der Waals surface area contributed by atoms with E-state index in [4.69, 9.17) is 0 Å². The number of amides is 1. The lowest BCUT2D eigenvalue weighted by Crippen LogP contribution is -2.74. The van der Waals surface area contributed by atoms with Crippen LogP contribution < -0.4 is 15.6 Å². The van der Waals surface area contributed by atoms with E-state index in [1.165, 1.54) is 12.5 Å². The van der Waals surface area contributed by atoms with E-state index in [0.29, 0.717) is 11.9 Å². The van der Waals surface area contributed by atoms with E-state index in [1.54, 1.807) is 0 Å². The van der Waals surface area contributed by atoms with Crippen molar-refractivity contribution in [3.63, 3.8) is 0 Å². The largest absolute Gasteiger partial charge is 0.354 e. The average molecular weight is 312 g/mol. The summed E-state index contributed by atoms with van der Waals surface area (Å²) in [5.74, 6) is 0.676. The van der Waals surface area contributed by atoms with Crippen LogP contribution >= 0.6 is 0 Å². The van der Waals surface area contributed by atoms with Crippen LogP contribution in [0.25, 0.3) is 0 Å². The maximum atomic E-state index is 11.5. The Morgan fingerprint density at radius 1 is 1.09 bits per heavy atom. The second-order valence-electron chi connectivity index (χ2n) is 5.53. The summed E-state index contributed by atoms with van der Waals surface area (Å²) in [5, 5.41) is 5.94. The molecule has 3 N–H and O–H groups in total. The number of carbonyl (C=O) groups excluding carboxylic acids is 1. The van der Waals surface area contributed by atoms with Gasteiger partial charge in [0, 0.05) is 13.0 Å². The van der Waals surface area contributed by atoms with Crippen LogP contribution in [-0.4, -0.2) is 21.8 Å². The zero-order chi connectivity index (χ0) is 17.0. The highest BCUT2D eigenvalue weighted by atomic mass is 16.1. The van der Waals surface area contributed by atoms with Crippen molar-refractivity contribution < 1.29 is 9.79 Å². The third-order valence-electron chi connectivity index (χ3n) is 3.38. The second kappa shape index (κ2) is 7.00. The zero-order valence-corrected chi connectivity index (χ0v) is 14.1. The fraction of sp³-hybridized carbons (Fsp3) is 0.294. The number of nitrogens with zero attached hydrogens (tertiary/aromatic N) is 2. The molecule has 0 fully saturated rings. The van der Waals surface area contributed by atoms with Gasteiger partial charge in [-0.05, 0) is 44.9 Å². The number of benzene rings is 1. The van der Waals surface area contributed by atoms with Crippen LogP contribution in [0.4, 0.5) is 11.6 Å². The van der Waals surface area contributed by atoms with Crippen molar-refractivity contribution in [2.45, 2.75) is 34.6 Å². The van der Waals surface area contributed by atoms with E-state index in [1.807, 2.05) is 52.0 Å². The first-order valence-electron chi connectivity index (χ1n) is 7.42. The van der Waals surface area contributed by atoms with Crippen LogP contribution in [0.2, 0.25) is 0 Å². The molecule has 2 rings (SSSR count). The molecular formula is C17H22N5O+. The van der Waals surface area contributed by atoms with Crippen molar-refractivity contribution in [1.29, 1.82) is 0 Å². The zero-order valence-electron chi connectivity index (χ0n) is 14.1. The Labute approximate surface area is 136 Å². The number of guanidine groups is 1. The lowest BCUT2D eigenvalue weighted by atomic mass is 10.1. The summed E-state index contributed by atoms with van der Waals surface area (Å²) in [4.78, 5) is 23.2. The minimum atomic E-state index is -0.185. The molecule has 1 amide bonds. The Morgan fingerprint density at radius 3 is 2.35 bits per heavy atom. The molecule has 0 aliphatic heterocycles. The summed E-state index contributed by atoms with van der Waals surface area (Å²) in [6.07, 6.45) is 0. The number of hydrogen-bond donors (Lipinski definition) is 3. The lowest BCUT2D eigenvalue weighted by Gasteiger charge is -2.10. The Kier molecular flexibility index (Phi) is 5.05. The van der Waals surface area contributed by atoms with Gasteiger partial charge in [0.1, 0.15) is 0 Å². The van der Waals surface area contributed by atoms with E-state index < -0.39 is 0 Å². The number of nitrogens with one attached hydrogen (secondary N) is 3. The van der Waals surface area contributed by atoms with Crippen molar-refractivity contribution in [3.8, 4) is 0 Å². The fourth-order valence-electron chi connectivity index (χ4n) is 2.18. The molecule has 2 aromatic rings. The summed E-state index contributed by atoms with van der Waals surface area (Å²) >= 11 is 0. The molecule has 0 radical (unpaired) electrons. The molecule has 0 spiro atoms. The van der Waals surface area contributed by atoms with Gasteiger partial charge in [-0.15, -0.1) is 9.97 Å². The van der Waals surface area contributed by atoms with Gasteiger partial charge in [-0.25, -0.2) is 10.3 Å². The van der Waals surface area contributed by atoms with E-state index in [0.717, 1.165) is 22.6 Å². The first kappa shape index (κ1) is 16.6. The number of carbonyl (C=O) groups is 1. The Balaban J connectivity index is 2.38. The predicted molar refractivity (Wildman–Crippen MR) is 90.5 cm³/mol. The SMILES string of the molecule is CC(=O)N/C(Nc1cccc(C)c1C)=[NH+]/c1nc(C)cc(C)n1. The molecule has 6 nitrogen and oxygen atoms in total. The summed E-state index contributed by atoms with van der Waals surface area (Å²) in [6, 6.07) is 7.85. The first-order chi connectivity index (χ1) is 10.8. The van der Waals surface area contributed by atoms with Crippen molar-refractivity contribution in [3.05, 3.63) is 46.8 Å². The standard InChI is InChI=1S/C17H21N5O/c1-10-7-6-8-15(13(10)4)21-17(20-14(5)23)22-16-18-11(2)9-12(3)19-16/h6-9H,1-5H3,(H2,18,19,20,21,22,23)/p+1. The molecule has 1 aromatic carbocycles. The highest BCUT2D eigenvalue weighted by molar-refractivity contribution is 6.01. The fourth-order valence-corrected chi connectivity index (χ4v) is 2.18. The van der Waals surface area contributed by atoms with Crippen LogP contribution in [0, 0.1) is 27.7 Å². The third-order valence-corrected chi connectivity index (χ3v) is 3.38. The summed E-state index contributed by atoms with van der Waals surface area (Å²) < 4.78 is 0. The highest BCUT2D eigenvalue weighted by Crippen LogP contribution is 2.17. The molecule has 6 heteroatoms. The van der Waals surface area contributed by atoms with Gasteiger partial charge < -0.3 is 0 Å². The molecule has 1 aromatic heterocycles. The molecule has 1 heterocycles. The van der Waals surface area contributed by atoms with Gasteiger partial charge in [0.05, 0.1) is 17.1 Å². The second-order valence-corrected chi connectivity index (χ2v) is 5.53. The monoisotopic (exact) mass is 312 g/mol. The Hall–Kier alpha value is -2.76. The normalized spacial score (nSPS) is 11.3.